The Morgan fingerprint density at radius 3 is 2.84 bits per heavy atom. The molecule has 0 amide bonds. The summed E-state index contributed by atoms with van der Waals surface area (Å²) >= 11 is 1.63. The van der Waals surface area contributed by atoms with Crippen molar-refractivity contribution in [1.29, 1.82) is 0 Å². The summed E-state index contributed by atoms with van der Waals surface area (Å²) < 4.78 is 15.9. The predicted molar refractivity (Wildman–Crippen MR) is 98.7 cm³/mol. The normalized spacial score (nSPS) is 11.6. The van der Waals surface area contributed by atoms with E-state index >= 15 is 0 Å². The fourth-order valence-corrected chi connectivity index (χ4v) is 2.77. The maximum Gasteiger partial charge on any atom is 0.147 e. The molecule has 1 aromatic carbocycles. The van der Waals surface area contributed by atoms with E-state index in [1.807, 2.05) is 41.1 Å². The van der Waals surface area contributed by atoms with Crippen LogP contribution in [0.5, 0.6) is 0 Å². The SMILES string of the molecule is COCCOCOC(CC=O)Cc1cccc(C#Cc2ccsc2)c1. The van der Waals surface area contributed by atoms with Crippen LogP contribution >= 0.6 is 11.3 Å². The van der Waals surface area contributed by atoms with E-state index in [2.05, 4.69) is 11.8 Å². The van der Waals surface area contributed by atoms with Crippen LogP contribution in [0.3, 0.4) is 0 Å². The first-order valence-electron chi connectivity index (χ1n) is 8.07. The molecule has 4 nitrogen and oxygen atoms in total. The number of aldehydes is 1. The maximum atomic E-state index is 10.9. The summed E-state index contributed by atoms with van der Waals surface area (Å²) in [4.78, 5) is 10.9. The Hall–Kier alpha value is -1.97. The standard InChI is InChI=1S/C20H22O4S/c1-22-10-11-23-16-24-20(7-9-21)14-19-4-2-3-17(13-19)5-6-18-8-12-25-15-18/h2-4,8-9,12-13,15,20H,7,10-11,14,16H2,1H3. The van der Waals surface area contributed by atoms with E-state index in [1.165, 1.54) is 0 Å². The van der Waals surface area contributed by atoms with Crippen LogP contribution in [0.1, 0.15) is 23.1 Å². The third-order valence-corrected chi connectivity index (χ3v) is 4.12. The van der Waals surface area contributed by atoms with Gasteiger partial charge in [0.05, 0.1) is 19.3 Å². The lowest BCUT2D eigenvalue weighted by atomic mass is 10.0. The number of rotatable bonds is 10. The summed E-state index contributed by atoms with van der Waals surface area (Å²) in [5.41, 5.74) is 3.05. The molecular formula is C20H22O4S. The minimum atomic E-state index is -0.208. The van der Waals surface area contributed by atoms with Gasteiger partial charge in [-0.25, -0.2) is 0 Å². The molecule has 0 bridgehead atoms. The van der Waals surface area contributed by atoms with E-state index in [9.17, 15) is 4.79 Å². The van der Waals surface area contributed by atoms with Crippen molar-refractivity contribution in [2.45, 2.75) is 18.9 Å². The average Bonchev–Trinajstić information content (AvgIpc) is 3.14. The zero-order chi connectivity index (χ0) is 17.7. The van der Waals surface area contributed by atoms with Gasteiger partial charge in [0.15, 0.2) is 0 Å². The van der Waals surface area contributed by atoms with Crippen LogP contribution in [0.2, 0.25) is 0 Å². The van der Waals surface area contributed by atoms with E-state index in [0.29, 0.717) is 26.1 Å². The Balaban J connectivity index is 1.92. The van der Waals surface area contributed by atoms with Crippen LogP contribution in [0.4, 0.5) is 0 Å². The molecule has 2 aromatic rings. The van der Waals surface area contributed by atoms with Crippen molar-refractivity contribution in [3.05, 3.63) is 57.8 Å². The first kappa shape index (κ1) is 19.4. The molecular weight excluding hydrogens is 336 g/mol. The van der Waals surface area contributed by atoms with Gasteiger partial charge in [-0.1, -0.05) is 24.0 Å². The first-order valence-corrected chi connectivity index (χ1v) is 9.01. The summed E-state index contributed by atoms with van der Waals surface area (Å²) in [5.74, 6) is 6.31. The predicted octanol–water partition coefficient (Wildman–Crippen LogP) is 3.29. The monoisotopic (exact) mass is 358 g/mol. The summed E-state index contributed by atoms with van der Waals surface area (Å²) in [6.45, 7) is 1.14. The highest BCUT2D eigenvalue weighted by Gasteiger charge is 2.10. The zero-order valence-corrected chi connectivity index (χ0v) is 15.1. The molecule has 1 aromatic heterocycles. The molecule has 1 atom stereocenters. The molecule has 0 radical (unpaired) electrons. The highest BCUT2D eigenvalue weighted by molar-refractivity contribution is 7.08. The van der Waals surface area contributed by atoms with Gasteiger partial charge in [0, 0.05) is 30.0 Å². The van der Waals surface area contributed by atoms with Gasteiger partial charge in [-0.3, -0.25) is 0 Å². The first-order chi connectivity index (χ1) is 12.3. The summed E-state index contributed by atoms with van der Waals surface area (Å²) in [6, 6.07) is 10.0. The zero-order valence-electron chi connectivity index (χ0n) is 14.3. The summed E-state index contributed by atoms with van der Waals surface area (Å²) in [7, 11) is 1.62. The smallest absolute Gasteiger partial charge is 0.147 e. The molecule has 0 aliphatic heterocycles. The van der Waals surface area contributed by atoms with E-state index in [1.54, 1.807) is 18.4 Å². The lowest BCUT2D eigenvalue weighted by molar-refractivity contribution is -0.118. The van der Waals surface area contributed by atoms with Crippen LogP contribution in [0.25, 0.3) is 0 Å². The number of carbonyl (C=O) groups excluding carboxylic acids is 1. The van der Waals surface area contributed by atoms with Crippen molar-refractivity contribution in [3.63, 3.8) is 0 Å². The lowest BCUT2D eigenvalue weighted by Gasteiger charge is -2.16. The summed E-state index contributed by atoms with van der Waals surface area (Å²) in [6.07, 6.45) is 1.64. The van der Waals surface area contributed by atoms with Crippen LogP contribution in [-0.4, -0.2) is 39.5 Å². The van der Waals surface area contributed by atoms with Gasteiger partial charge >= 0.3 is 0 Å². The minimum Gasteiger partial charge on any atom is -0.382 e. The topological polar surface area (TPSA) is 44.8 Å². The maximum absolute atomic E-state index is 10.9. The molecule has 1 unspecified atom stereocenters. The number of carbonyl (C=O) groups is 1. The number of thiophene rings is 1. The molecule has 0 aliphatic carbocycles. The number of methoxy groups -OCH3 is 1. The largest absolute Gasteiger partial charge is 0.382 e. The fraction of sp³-hybridized carbons (Fsp3) is 0.350. The van der Waals surface area contributed by atoms with Crippen molar-refractivity contribution < 1.29 is 19.0 Å². The van der Waals surface area contributed by atoms with E-state index in [4.69, 9.17) is 14.2 Å². The highest BCUT2D eigenvalue weighted by atomic mass is 32.1. The fourth-order valence-electron chi connectivity index (χ4n) is 2.18. The number of ether oxygens (including phenoxy) is 3. The Morgan fingerprint density at radius 2 is 2.08 bits per heavy atom. The second kappa shape index (κ2) is 11.6. The number of hydrogen-bond acceptors (Lipinski definition) is 5. The van der Waals surface area contributed by atoms with Gasteiger partial charge in [-0.05, 0) is 35.6 Å². The Morgan fingerprint density at radius 1 is 1.20 bits per heavy atom. The number of hydrogen-bond donors (Lipinski definition) is 0. The van der Waals surface area contributed by atoms with Crippen molar-refractivity contribution >= 4 is 17.6 Å². The average molecular weight is 358 g/mol. The molecule has 0 N–H and O–H groups in total. The van der Waals surface area contributed by atoms with Crippen molar-refractivity contribution in [2.75, 3.05) is 27.1 Å². The van der Waals surface area contributed by atoms with Gasteiger partial charge in [-0.2, -0.15) is 11.3 Å². The molecule has 2 rings (SSSR count). The van der Waals surface area contributed by atoms with Crippen LogP contribution in [-0.2, 0) is 25.4 Å². The van der Waals surface area contributed by atoms with Gasteiger partial charge < -0.3 is 19.0 Å². The second-order valence-electron chi connectivity index (χ2n) is 5.38. The van der Waals surface area contributed by atoms with Crippen LogP contribution < -0.4 is 0 Å². The van der Waals surface area contributed by atoms with Gasteiger partial charge in [0.25, 0.3) is 0 Å². The molecule has 0 aliphatic rings. The molecule has 0 spiro atoms. The third-order valence-electron chi connectivity index (χ3n) is 3.44. The molecule has 0 fully saturated rings. The molecule has 132 valence electrons. The van der Waals surface area contributed by atoms with Gasteiger partial charge in [-0.15, -0.1) is 0 Å². The Kier molecular flexibility index (Phi) is 8.95. The van der Waals surface area contributed by atoms with Gasteiger partial charge in [0.1, 0.15) is 13.1 Å². The molecule has 5 heteroatoms. The van der Waals surface area contributed by atoms with E-state index in [-0.39, 0.29) is 12.9 Å². The molecule has 0 saturated carbocycles. The Labute approximate surface area is 152 Å². The van der Waals surface area contributed by atoms with Gasteiger partial charge in [0.2, 0.25) is 0 Å². The van der Waals surface area contributed by atoms with Crippen molar-refractivity contribution in [2.24, 2.45) is 0 Å². The second-order valence-corrected chi connectivity index (χ2v) is 6.16. The highest BCUT2D eigenvalue weighted by Crippen LogP contribution is 2.11. The quantitative estimate of drug-likeness (QED) is 0.283. The van der Waals surface area contributed by atoms with Crippen LogP contribution in [0, 0.1) is 11.8 Å². The summed E-state index contributed by atoms with van der Waals surface area (Å²) in [5, 5.41) is 4.03. The third kappa shape index (κ3) is 7.63. The molecule has 25 heavy (non-hydrogen) atoms. The van der Waals surface area contributed by atoms with E-state index < -0.39 is 0 Å². The Bertz CT molecular complexity index is 685. The molecule has 1 heterocycles. The van der Waals surface area contributed by atoms with Crippen LogP contribution in [0.15, 0.2) is 41.1 Å². The number of benzene rings is 1. The minimum absolute atomic E-state index is 0.152. The van der Waals surface area contributed by atoms with Crippen molar-refractivity contribution in [1.82, 2.24) is 0 Å². The lowest BCUT2D eigenvalue weighted by Crippen LogP contribution is -2.19. The van der Waals surface area contributed by atoms with E-state index in [0.717, 1.165) is 23.0 Å². The van der Waals surface area contributed by atoms with Crippen molar-refractivity contribution in [3.8, 4) is 11.8 Å². The molecule has 0 saturated heterocycles.